The summed E-state index contributed by atoms with van der Waals surface area (Å²) in [5, 5.41) is 8.86. The minimum absolute atomic E-state index is 0.0463. The first-order valence-corrected chi connectivity index (χ1v) is 10.1. The molecule has 2 aromatic carbocycles. The number of benzene rings is 2. The number of nitrogens with zero attached hydrogens (tertiary/aromatic N) is 3. The lowest BCUT2D eigenvalue weighted by molar-refractivity contribution is -0.128. The molecule has 1 aromatic heterocycles. The molecule has 1 heterocycles. The molecular weight excluding hydrogens is 384 g/mol. The topological polar surface area (TPSA) is 50.2 Å². The van der Waals surface area contributed by atoms with E-state index in [1.54, 1.807) is 23.6 Å². The summed E-state index contributed by atoms with van der Waals surface area (Å²) in [6, 6.07) is 18.0. The van der Waals surface area contributed by atoms with Gasteiger partial charge in [-0.05, 0) is 35.7 Å². The van der Waals surface area contributed by atoms with Crippen molar-refractivity contribution in [1.82, 2.24) is 14.7 Å². The first kappa shape index (κ1) is 20.9. The maximum absolute atomic E-state index is 11.5. The molecule has 0 fully saturated rings. The maximum Gasteiger partial charge on any atom is 0.219 e. The second-order valence-electron chi connectivity index (χ2n) is 7.49. The van der Waals surface area contributed by atoms with Gasteiger partial charge >= 0.3 is 0 Å². The second-order valence-corrected chi connectivity index (χ2v) is 7.84. The fourth-order valence-electron chi connectivity index (χ4n) is 3.17. The normalized spacial score (nSPS) is 11.0. The zero-order valence-corrected chi connectivity index (χ0v) is 18.1. The Balaban J connectivity index is 1.82. The largest absolute Gasteiger partial charge is 0.381 e. The predicted molar refractivity (Wildman–Crippen MR) is 119 cm³/mol. The molecule has 1 amide bonds. The highest BCUT2D eigenvalue weighted by Crippen LogP contribution is 2.29. The van der Waals surface area contributed by atoms with Gasteiger partial charge in [0.05, 0.1) is 11.4 Å². The Hall–Kier alpha value is -2.79. The van der Waals surface area contributed by atoms with Crippen molar-refractivity contribution >= 4 is 23.2 Å². The van der Waals surface area contributed by atoms with Crippen molar-refractivity contribution < 1.29 is 4.79 Å². The molecule has 0 bridgehead atoms. The summed E-state index contributed by atoms with van der Waals surface area (Å²) in [6.45, 7) is 6.97. The van der Waals surface area contributed by atoms with Gasteiger partial charge in [0.25, 0.3) is 0 Å². The van der Waals surface area contributed by atoms with Crippen LogP contribution in [0.25, 0.3) is 5.69 Å². The molecule has 0 aliphatic carbocycles. The Morgan fingerprint density at radius 2 is 1.90 bits per heavy atom. The third kappa shape index (κ3) is 4.98. The number of nitrogens with one attached hydrogen (secondary N) is 1. The van der Waals surface area contributed by atoms with Crippen LogP contribution in [0.15, 0.2) is 54.6 Å². The van der Waals surface area contributed by atoms with E-state index in [0.29, 0.717) is 18.2 Å². The molecule has 0 saturated heterocycles. The van der Waals surface area contributed by atoms with Crippen molar-refractivity contribution in [3.05, 3.63) is 76.6 Å². The highest BCUT2D eigenvalue weighted by atomic mass is 35.5. The zero-order valence-electron chi connectivity index (χ0n) is 17.3. The summed E-state index contributed by atoms with van der Waals surface area (Å²) in [7, 11) is 1.80. The molecular formula is C23H27ClN4O. The van der Waals surface area contributed by atoms with Gasteiger partial charge in [0.15, 0.2) is 0 Å². The highest BCUT2D eigenvalue weighted by Gasteiger charge is 2.19. The van der Waals surface area contributed by atoms with Crippen LogP contribution in [0.3, 0.4) is 0 Å². The summed E-state index contributed by atoms with van der Waals surface area (Å²) < 4.78 is 1.80. The molecule has 0 atom stereocenters. The van der Waals surface area contributed by atoms with Crippen LogP contribution in [0.2, 0.25) is 5.15 Å². The Bertz CT molecular complexity index is 982. The van der Waals surface area contributed by atoms with Gasteiger partial charge in [-0.15, -0.1) is 0 Å². The van der Waals surface area contributed by atoms with Gasteiger partial charge in [0.1, 0.15) is 5.15 Å². The summed E-state index contributed by atoms with van der Waals surface area (Å²) in [6.07, 6.45) is 0. The number of carbonyl (C=O) groups is 1. The molecule has 0 aliphatic rings. The van der Waals surface area contributed by atoms with E-state index in [-0.39, 0.29) is 11.8 Å². The van der Waals surface area contributed by atoms with Gasteiger partial charge in [-0.3, -0.25) is 4.79 Å². The van der Waals surface area contributed by atoms with Crippen LogP contribution in [0, 0.1) is 0 Å². The van der Waals surface area contributed by atoms with Crippen molar-refractivity contribution in [2.75, 3.05) is 12.4 Å². The number of para-hydroxylation sites is 1. The van der Waals surface area contributed by atoms with Crippen LogP contribution in [-0.4, -0.2) is 27.6 Å². The van der Waals surface area contributed by atoms with Crippen LogP contribution >= 0.6 is 11.6 Å². The Labute approximate surface area is 177 Å². The summed E-state index contributed by atoms with van der Waals surface area (Å²) in [5.74, 6) is 0.301. The lowest BCUT2D eigenvalue weighted by Gasteiger charge is -2.16. The van der Waals surface area contributed by atoms with E-state index in [4.69, 9.17) is 16.7 Å². The fraction of sp³-hybridized carbons (Fsp3) is 0.304. The van der Waals surface area contributed by atoms with Gasteiger partial charge < -0.3 is 10.2 Å². The number of amides is 1. The highest BCUT2D eigenvalue weighted by molar-refractivity contribution is 6.30. The van der Waals surface area contributed by atoms with Crippen LogP contribution < -0.4 is 5.32 Å². The molecule has 5 nitrogen and oxygen atoms in total. The molecule has 0 aliphatic heterocycles. The predicted octanol–water partition coefficient (Wildman–Crippen LogP) is 5.24. The molecule has 0 saturated carbocycles. The van der Waals surface area contributed by atoms with Crippen LogP contribution in [0.1, 0.15) is 43.5 Å². The summed E-state index contributed by atoms with van der Waals surface area (Å²) in [5.41, 5.74) is 4.98. The van der Waals surface area contributed by atoms with Gasteiger partial charge in [-0.1, -0.05) is 55.8 Å². The molecule has 0 spiro atoms. The van der Waals surface area contributed by atoms with E-state index in [1.807, 2.05) is 48.5 Å². The number of halogens is 1. The molecule has 152 valence electrons. The van der Waals surface area contributed by atoms with E-state index >= 15 is 0 Å². The number of aromatic nitrogens is 2. The minimum Gasteiger partial charge on any atom is -0.381 e. The van der Waals surface area contributed by atoms with Gasteiger partial charge in [0.2, 0.25) is 5.91 Å². The molecule has 0 radical (unpaired) electrons. The monoisotopic (exact) mass is 410 g/mol. The van der Waals surface area contributed by atoms with Gasteiger partial charge in [0, 0.05) is 38.3 Å². The molecule has 6 heteroatoms. The average molecular weight is 411 g/mol. The van der Waals surface area contributed by atoms with E-state index in [1.165, 1.54) is 0 Å². The SMILES string of the molecule is CC(=O)N(C)Cc1cccc(NCc2c(C(C)C)nn(-c3ccccc3)c2Cl)c1. The third-order valence-corrected chi connectivity index (χ3v) is 5.24. The third-order valence-electron chi connectivity index (χ3n) is 4.85. The molecule has 0 unspecified atom stereocenters. The van der Waals surface area contributed by atoms with Crippen molar-refractivity contribution in [3.8, 4) is 5.69 Å². The lowest BCUT2D eigenvalue weighted by Crippen LogP contribution is -2.23. The van der Waals surface area contributed by atoms with Gasteiger partial charge in [-0.2, -0.15) is 5.10 Å². The second kappa shape index (κ2) is 9.14. The van der Waals surface area contributed by atoms with Crippen LogP contribution in [0.5, 0.6) is 0 Å². The Morgan fingerprint density at radius 3 is 2.55 bits per heavy atom. The van der Waals surface area contributed by atoms with Crippen molar-refractivity contribution in [2.45, 2.75) is 39.8 Å². The quantitative estimate of drug-likeness (QED) is 0.579. The Morgan fingerprint density at radius 1 is 1.17 bits per heavy atom. The smallest absolute Gasteiger partial charge is 0.219 e. The van der Waals surface area contributed by atoms with E-state index in [0.717, 1.165) is 28.2 Å². The molecule has 29 heavy (non-hydrogen) atoms. The minimum atomic E-state index is 0.0463. The molecule has 3 aromatic rings. The number of anilines is 1. The van der Waals surface area contributed by atoms with Crippen LogP contribution in [-0.2, 0) is 17.9 Å². The fourth-order valence-corrected chi connectivity index (χ4v) is 3.47. The summed E-state index contributed by atoms with van der Waals surface area (Å²) in [4.78, 5) is 13.2. The maximum atomic E-state index is 11.5. The standard InChI is InChI=1S/C23H27ClN4O/c1-16(2)22-21(23(24)28(26-22)20-11-6-5-7-12-20)14-25-19-10-8-9-18(13-19)15-27(4)17(3)29/h5-13,16,25H,14-15H2,1-4H3. The number of rotatable bonds is 7. The van der Waals surface area contributed by atoms with Crippen molar-refractivity contribution in [2.24, 2.45) is 0 Å². The Kier molecular flexibility index (Phi) is 6.60. The first-order valence-electron chi connectivity index (χ1n) is 9.74. The van der Waals surface area contributed by atoms with Crippen molar-refractivity contribution in [1.29, 1.82) is 0 Å². The summed E-state index contributed by atoms with van der Waals surface area (Å²) >= 11 is 6.73. The first-order chi connectivity index (χ1) is 13.9. The van der Waals surface area contributed by atoms with Gasteiger partial charge in [-0.25, -0.2) is 4.68 Å². The van der Waals surface area contributed by atoms with E-state index in [9.17, 15) is 4.79 Å². The average Bonchev–Trinajstić information content (AvgIpc) is 3.04. The van der Waals surface area contributed by atoms with Crippen LogP contribution in [0.4, 0.5) is 5.69 Å². The number of carbonyl (C=O) groups excluding carboxylic acids is 1. The molecule has 1 N–H and O–H groups in total. The number of hydrogen-bond acceptors (Lipinski definition) is 3. The zero-order chi connectivity index (χ0) is 21.0. The molecule has 3 rings (SSSR count). The van der Waals surface area contributed by atoms with E-state index in [2.05, 4.69) is 25.2 Å². The van der Waals surface area contributed by atoms with E-state index < -0.39 is 0 Å². The number of hydrogen-bond donors (Lipinski definition) is 1. The lowest BCUT2D eigenvalue weighted by atomic mass is 10.1. The van der Waals surface area contributed by atoms with Crippen molar-refractivity contribution in [3.63, 3.8) is 0 Å².